The lowest BCUT2D eigenvalue weighted by atomic mass is 10.1. The van der Waals surface area contributed by atoms with Crippen LogP contribution in [0.3, 0.4) is 0 Å². The molecule has 0 fully saturated rings. The number of amides is 2. The number of carbonyl (C=O) groups is 2. The third-order valence-electron chi connectivity index (χ3n) is 3.19. The highest BCUT2D eigenvalue weighted by Crippen LogP contribution is 2.33. The standard InChI is InChI=1S/C15H21BrN2O4/c1-17(2)15(20)9-18(3)14(19)7-10-6-12(21-4)13(22-5)8-11(10)16/h6,8H,7,9H2,1-5H3. The number of hydrogen-bond acceptors (Lipinski definition) is 4. The first-order chi connectivity index (χ1) is 10.3. The summed E-state index contributed by atoms with van der Waals surface area (Å²) in [5, 5.41) is 0. The molecule has 0 aliphatic rings. The summed E-state index contributed by atoms with van der Waals surface area (Å²) in [5.41, 5.74) is 0.770. The summed E-state index contributed by atoms with van der Waals surface area (Å²) in [5.74, 6) is 0.868. The molecule has 2 amide bonds. The average Bonchev–Trinajstić information content (AvgIpc) is 2.48. The molecular weight excluding hydrogens is 352 g/mol. The average molecular weight is 373 g/mol. The molecule has 0 aromatic heterocycles. The molecule has 0 spiro atoms. The van der Waals surface area contributed by atoms with Crippen molar-refractivity contribution >= 4 is 27.7 Å². The van der Waals surface area contributed by atoms with Gasteiger partial charge in [0.25, 0.3) is 0 Å². The van der Waals surface area contributed by atoms with Crippen LogP contribution in [0.5, 0.6) is 11.5 Å². The highest BCUT2D eigenvalue weighted by atomic mass is 79.9. The van der Waals surface area contributed by atoms with Crippen molar-refractivity contribution in [1.82, 2.24) is 9.80 Å². The molecular formula is C15H21BrN2O4. The molecule has 7 heteroatoms. The van der Waals surface area contributed by atoms with Crippen LogP contribution < -0.4 is 9.47 Å². The molecule has 0 N–H and O–H groups in total. The third kappa shape index (κ3) is 4.62. The van der Waals surface area contributed by atoms with Crippen LogP contribution in [0.1, 0.15) is 5.56 Å². The summed E-state index contributed by atoms with van der Waals surface area (Å²) in [6, 6.07) is 3.51. The molecule has 0 atom stereocenters. The van der Waals surface area contributed by atoms with Crippen molar-refractivity contribution < 1.29 is 19.1 Å². The first-order valence-electron chi connectivity index (χ1n) is 6.64. The van der Waals surface area contributed by atoms with E-state index >= 15 is 0 Å². The normalized spacial score (nSPS) is 10.1. The Kier molecular flexibility index (Phi) is 6.67. The van der Waals surface area contributed by atoms with Gasteiger partial charge in [0.2, 0.25) is 11.8 Å². The van der Waals surface area contributed by atoms with Gasteiger partial charge in [-0.3, -0.25) is 9.59 Å². The van der Waals surface area contributed by atoms with E-state index < -0.39 is 0 Å². The Morgan fingerprint density at radius 1 is 1.05 bits per heavy atom. The maximum Gasteiger partial charge on any atom is 0.241 e. The highest BCUT2D eigenvalue weighted by molar-refractivity contribution is 9.10. The molecule has 0 bridgehead atoms. The van der Waals surface area contributed by atoms with Crippen LogP contribution in [0.4, 0.5) is 0 Å². The summed E-state index contributed by atoms with van der Waals surface area (Å²) in [7, 11) is 8.02. The Labute approximate surface area is 139 Å². The maximum absolute atomic E-state index is 12.2. The van der Waals surface area contributed by atoms with Crippen LogP contribution in [0.15, 0.2) is 16.6 Å². The molecule has 6 nitrogen and oxygen atoms in total. The molecule has 0 unspecified atom stereocenters. The third-order valence-corrected chi connectivity index (χ3v) is 3.93. The molecule has 0 heterocycles. The summed E-state index contributed by atoms with van der Waals surface area (Å²) in [4.78, 5) is 26.7. The van der Waals surface area contributed by atoms with Crippen LogP contribution in [0.2, 0.25) is 0 Å². The SMILES string of the molecule is COc1cc(Br)c(CC(=O)N(C)CC(=O)N(C)C)cc1OC. The fourth-order valence-corrected chi connectivity index (χ4v) is 2.22. The second-order valence-electron chi connectivity index (χ2n) is 5.01. The summed E-state index contributed by atoms with van der Waals surface area (Å²) >= 11 is 3.42. The zero-order chi connectivity index (χ0) is 16.9. The van der Waals surface area contributed by atoms with E-state index in [9.17, 15) is 9.59 Å². The van der Waals surface area contributed by atoms with Gasteiger partial charge in [0, 0.05) is 25.6 Å². The minimum Gasteiger partial charge on any atom is -0.493 e. The van der Waals surface area contributed by atoms with Gasteiger partial charge < -0.3 is 19.3 Å². The van der Waals surface area contributed by atoms with Crippen molar-refractivity contribution in [2.75, 3.05) is 41.9 Å². The van der Waals surface area contributed by atoms with Gasteiger partial charge in [0.1, 0.15) is 0 Å². The van der Waals surface area contributed by atoms with Crippen molar-refractivity contribution in [2.45, 2.75) is 6.42 Å². The van der Waals surface area contributed by atoms with Crippen molar-refractivity contribution in [3.05, 3.63) is 22.2 Å². The van der Waals surface area contributed by atoms with Gasteiger partial charge in [0.05, 0.1) is 27.2 Å². The fraction of sp³-hybridized carbons (Fsp3) is 0.467. The molecule has 122 valence electrons. The lowest BCUT2D eigenvalue weighted by Crippen LogP contribution is -2.38. The predicted octanol–water partition coefficient (Wildman–Crippen LogP) is 1.56. The van der Waals surface area contributed by atoms with Gasteiger partial charge >= 0.3 is 0 Å². The van der Waals surface area contributed by atoms with E-state index in [1.54, 1.807) is 47.5 Å². The van der Waals surface area contributed by atoms with Crippen LogP contribution in [-0.4, -0.2) is 63.5 Å². The Balaban J connectivity index is 2.86. The number of likely N-dealkylation sites (N-methyl/N-ethyl adjacent to an activating group) is 2. The molecule has 0 saturated heterocycles. The quantitative estimate of drug-likeness (QED) is 0.760. The van der Waals surface area contributed by atoms with E-state index in [1.165, 1.54) is 9.80 Å². The summed E-state index contributed by atoms with van der Waals surface area (Å²) < 4.78 is 11.2. The van der Waals surface area contributed by atoms with Crippen LogP contribution in [0, 0.1) is 0 Å². The topological polar surface area (TPSA) is 59.1 Å². The molecule has 1 aromatic carbocycles. The smallest absolute Gasteiger partial charge is 0.241 e. The Hall–Kier alpha value is -1.76. The molecule has 0 aliphatic carbocycles. The zero-order valence-corrected chi connectivity index (χ0v) is 15.1. The number of hydrogen-bond donors (Lipinski definition) is 0. The fourth-order valence-electron chi connectivity index (χ4n) is 1.76. The molecule has 0 aliphatic heterocycles. The number of benzene rings is 1. The van der Waals surface area contributed by atoms with E-state index in [1.807, 2.05) is 0 Å². The first-order valence-corrected chi connectivity index (χ1v) is 7.44. The van der Waals surface area contributed by atoms with Gasteiger partial charge in [-0.1, -0.05) is 15.9 Å². The lowest BCUT2D eigenvalue weighted by molar-refractivity contribution is -0.137. The number of ether oxygens (including phenoxy) is 2. The highest BCUT2D eigenvalue weighted by Gasteiger charge is 2.17. The van der Waals surface area contributed by atoms with Crippen molar-refractivity contribution in [1.29, 1.82) is 0 Å². The van der Waals surface area contributed by atoms with Gasteiger partial charge in [0.15, 0.2) is 11.5 Å². The van der Waals surface area contributed by atoms with E-state index in [4.69, 9.17) is 9.47 Å². The van der Waals surface area contributed by atoms with Crippen molar-refractivity contribution in [3.8, 4) is 11.5 Å². The molecule has 1 aromatic rings. The number of nitrogens with zero attached hydrogens (tertiary/aromatic N) is 2. The molecule has 22 heavy (non-hydrogen) atoms. The number of methoxy groups -OCH3 is 2. The summed E-state index contributed by atoms with van der Waals surface area (Å²) in [6.45, 7) is 0.0523. The van der Waals surface area contributed by atoms with Gasteiger partial charge in [-0.25, -0.2) is 0 Å². The van der Waals surface area contributed by atoms with E-state index in [-0.39, 0.29) is 24.8 Å². The lowest BCUT2D eigenvalue weighted by Gasteiger charge is -2.20. The van der Waals surface area contributed by atoms with E-state index in [0.29, 0.717) is 11.5 Å². The first kappa shape index (κ1) is 18.3. The number of rotatable bonds is 6. The molecule has 1 rings (SSSR count). The van der Waals surface area contributed by atoms with Gasteiger partial charge in [-0.05, 0) is 17.7 Å². The molecule has 0 saturated carbocycles. The van der Waals surface area contributed by atoms with E-state index in [0.717, 1.165) is 10.0 Å². The minimum atomic E-state index is -0.150. The largest absolute Gasteiger partial charge is 0.493 e. The Bertz CT molecular complexity index is 561. The van der Waals surface area contributed by atoms with Crippen molar-refractivity contribution in [2.24, 2.45) is 0 Å². The van der Waals surface area contributed by atoms with Crippen LogP contribution >= 0.6 is 15.9 Å². The predicted molar refractivity (Wildman–Crippen MR) is 87.3 cm³/mol. The molecule has 0 radical (unpaired) electrons. The number of halogens is 1. The monoisotopic (exact) mass is 372 g/mol. The second kappa shape index (κ2) is 8.03. The Morgan fingerprint density at radius 2 is 1.59 bits per heavy atom. The summed E-state index contributed by atoms with van der Waals surface area (Å²) in [6.07, 6.45) is 0.165. The number of carbonyl (C=O) groups excluding carboxylic acids is 2. The van der Waals surface area contributed by atoms with Gasteiger partial charge in [-0.15, -0.1) is 0 Å². The Morgan fingerprint density at radius 3 is 2.09 bits per heavy atom. The van der Waals surface area contributed by atoms with Crippen LogP contribution in [-0.2, 0) is 16.0 Å². The van der Waals surface area contributed by atoms with Crippen molar-refractivity contribution in [3.63, 3.8) is 0 Å². The van der Waals surface area contributed by atoms with Crippen LogP contribution in [0.25, 0.3) is 0 Å². The maximum atomic E-state index is 12.2. The zero-order valence-electron chi connectivity index (χ0n) is 13.5. The van der Waals surface area contributed by atoms with Gasteiger partial charge in [-0.2, -0.15) is 0 Å². The second-order valence-corrected chi connectivity index (χ2v) is 5.87. The van der Waals surface area contributed by atoms with E-state index in [2.05, 4.69) is 15.9 Å². The minimum absolute atomic E-state index is 0.0523.